The number of nitrogens with zero attached hydrogens (tertiary/aromatic N) is 2. The van der Waals surface area contributed by atoms with Crippen molar-refractivity contribution in [2.75, 3.05) is 14.2 Å². The Balaban J connectivity index is 1.44. The number of amides is 1. The van der Waals surface area contributed by atoms with Crippen LogP contribution >= 0.6 is 0 Å². The number of rotatable bonds is 5. The Labute approximate surface area is 190 Å². The fourth-order valence-electron chi connectivity index (χ4n) is 4.79. The summed E-state index contributed by atoms with van der Waals surface area (Å²) < 4.78 is 12.0. The number of para-hydroxylation sites is 1. The molecule has 0 bridgehead atoms. The van der Waals surface area contributed by atoms with Crippen molar-refractivity contribution >= 4 is 27.7 Å². The van der Waals surface area contributed by atoms with Gasteiger partial charge < -0.3 is 19.8 Å². The van der Waals surface area contributed by atoms with Gasteiger partial charge in [0, 0.05) is 22.7 Å². The van der Waals surface area contributed by atoms with Crippen LogP contribution in [0.2, 0.25) is 0 Å². The van der Waals surface area contributed by atoms with Crippen molar-refractivity contribution in [2.24, 2.45) is 0 Å². The largest absolute Gasteiger partial charge is 0.493 e. The maximum atomic E-state index is 13.2. The third kappa shape index (κ3) is 3.61. The first-order valence-electron chi connectivity index (χ1n) is 11.0. The summed E-state index contributed by atoms with van der Waals surface area (Å²) in [5.74, 6) is 1.18. The molecule has 2 aromatic heterocycles. The number of benzene rings is 2. The van der Waals surface area contributed by atoms with E-state index >= 15 is 0 Å². The zero-order chi connectivity index (χ0) is 23.1. The van der Waals surface area contributed by atoms with Gasteiger partial charge in [-0.25, -0.2) is 4.98 Å². The van der Waals surface area contributed by atoms with Gasteiger partial charge in [0.05, 0.1) is 31.2 Å². The van der Waals surface area contributed by atoms with Gasteiger partial charge in [0.15, 0.2) is 11.5 Å². The van der Waals surface area contributed by atoms with Crippen LogP contribution in [0.1, 0.15) is 36.0 Å². The van der Waals surface area contributed by atoms with Crippen LogP contribution in [-0.2, 0) is 17.8 Å². The van der Waals surface area contributed by atoms with Crippen LogP contribution < -0.4 is 20.3 Å². The van der Waals surface area contributed by atoms with Gasteiger partial charge >= 0.3 is 0 Å². The minimum Gasteiger partial charge on any atom is -0.493 e. The lowest BCUT2D eigenvalue weighted by molar-refractivity contribution is -0.122. The van der Waals surface area contributed by atoms with Gasteiger partial charge in [0.25, 0.3) is 5.56 Å². The van der Waals surface area contributed by atoms with Gasteiger partial charge in [-0.15, -0.1) is 0 Å². The Morgan fingerprint density at radius 2 is 1.94 bits per heavy atom. The predicted octanol–water partition coefficient (Wildman–Crippen LogP) is 3.40. The Morgan fingerprint density at radius 3 is 2.73 bits per heavy atom. The first-order chi connectivity index (χ1) is 16.0. The molecule has 8 heteroatoms. The van der Waals surface area contributed by atoms with Gasteiger partial charge in [0.2, 0.25) is 5.91 Å². The molecule has 0 saturated carbocycles. The van der Waals surface area contributed by atoms with E-state index in [0.29, 0.717) is 28.2 Å². The molecule has 4 aromatic rings. The zero-order valence-corrected chi connectivity index (χ0v) is 18.9. The van der Waals surface area contributed by atoms with Crippen molar-refractivity contribution in [3.63, 3.8) is 0 Å². The van der Waals surface area contributed by atoms with Crippen LogP contribution in [0.3, 0.4) is 0 Å². The maximum Gasteiger partial charge on any atom is 0.262 e. The fraction of sp³-hybridized carbons (Fsp3) is 0.320. The molecule has 1 amide bonds. The Morgan fingerprint density at radius 1 is 1.18 bits per heavy atom. The number of fused-ring (bicyclic) bond motifs is 4. The quantitative estimate of drug-likeness (QED) is 0.490. The molecule has 1 aliphatic rings. The fourth-order valence-corrected chi connectivity index (χ4v) is 4.79. The van der Waals surface area contributed by atoms with Gasteiger partial charge in [-0.2, -0.15) is 0 Å². The van der Waals surface area contributed by atoms with Crippen LogP contribution in [0.25, 0.3) is 21.8 Å². The number of ether oxygens (including phenoxy) is 2. The van der Waals surface area contributed by atoms with Crippen molar-refractivity contribution in [2.45, 2.75) is 38.8 Å². The minimum atomic E-state index is -0.288. The van der Waals surface area contributed by atoms with Gasteiger partial charge in [-0.1, -0.05) is 18.2 Å². The molecule has 5 rings (SSSR count). The second-order valence-corrected chi connectivity index (χ2v) is 8.35. The summed E-state index contributed by atoms with van der Waals surface area (Å²) in [4.78, 5) is 34.2. The van der Waals surface area contributed by atoms with E-state index in [0.717, 1.165) is 30.5 Å². The molecule has 0 unspecified atom stereocenters. The number of carbonyl (C=O) groups excluding carboxylic acids is 1. The van der Waals surface area contributed by atoms with Gasteiger partial charge in [0.1, 0.15) is 12.4 Å². The van der Waals surface area contributed by atoms with E-state index in [1.165, 1.54) is 29.7 Å². The second kappa shape index (κ2) is 8.27. The van der Waals surface area contributed by atoms with E-state index in [1.54, 1.807) is 19.1 Å². The number of aromatic amines is 1. The molecule has 1 aliphatic carbocycles. The molecule has 8 nitrogen and oxygen atoms in total. The summed E-state index contributed by atoms with van der Waals surface area (Å²) in [7, 11) is 3.05. The van der Waals surface area contributed by atoms with Gasteiger partial charge in [-0.05, 0) is 43.9 Å². The molecule has 1 atom stereocenters. The first-order valence-corrected chi connectivity index (χ1v) is 11.0. The smallest absolute Gasteiger partial charge is 0.262 e. The topological polar surface area (TPSA) is 98.2 Å². The van der Waals surface area contributed by atoms with Crippen LogP contribution in [0, 0.1) is 6.92 Å². The number of nitrogens with one attached hydrogen (secondary N) is 2. The normalized spacial score (nSPS) is 15.4. The van der Waals surface area contributed by atoms with Crippen molar-refractivity contribution < 1.29 is 14.3 Å². The Bertz CT molecular complexity index is 1440. The molecular formula is C25H26N4O4. The molecule has 2 heterocycles. The molecule has 2 aromatic carbocycles. The van der Waals surface area contributed by atoms with E-state index in [2.05, 4.69) is 27.4 Å². The van der Waals surface area contributed by atoms with E-state index in [9.17, 15) is 9.59 Å². The van der Waals surface area contributed by atoms with E-state index in [4.69, 9.17) is 9.47 Å². The van der Waals surface area contributed by atoms with Crippen LogP contribution in [-0.4, -0.2) is 34.7 Å². The third-order valence-corrected chi connectivity index (χ3v) is 6.40. The summed E-state index contributed by atoms with van der Waals surface area (Å²) in [6.45, 7) is 1.62. The Hall–Kier alpha value is -3.81. The highest BCUT2D eigenvalue weighted by Crippen LogP contribution is 2.34. The van der Waals surface area contributed by atoms with Crippen molar-refractivity contribution in [1.29, 1.82) is 0 Å². The summed E-state index contributed by atoms with van der Waals surface area (Å²) in [6, 6.07) is 11.4. The van der Waals surface area contributed by atoms with E-state index in [1.807, 2.05) is 12.1 Å². The standard InChI is InChI=1S/C25H26N4O4/c1-14-26-20-12-22(33-3)21(32-2)11-17(20)25(31)29(14)13-23(30)27-19-10-6-8-16-15-7-4-5-9-18(15)28-24(16)19/h4-5,7,9,11-12,19,28H,6,8,10,13H2,1-3H3,(H,27,30)/t19-/m1/s1. The summed E-state index contributed by atoms with van der Waals surface area (Å²) in [6.07, 6.45) is 2.84. The average Bonchev–Trinajstić information content (AvgIpc) is 3.21. The summed E-state index contributed by atoms with van der Waals surface area (Å²) in [5, 5.41) is 4.71. The maximum absolute atomic E-state index is 13.2. The molecule has 0 aliphatic heterocycles. The molecular weight excluding hydrogens is 420 g/mol. The van der Waals surface area contributed by atoms with E-state index in [-0.39, 0.29) is 24.1 Å². The van der Waals surface area contributed by atoms with E-state index < -0.39 is 0 Å². The number of hydrogen-bond acceptors (Lipinski definition) is 5. The van der Waals surface area contributed by atoms with Crippen molar-refractivity contribution in [3.05, 3.63) is 63.8 Å². The highest BCUT2D eigenvalue weighted by Gasteiger charge is 2.26. The molecule has 0 radical (unpaired) electrons. The lowest BCUT2D eigenvalue weighted by Crippen LogP contribution is -2.37. The summed E-state index contributed by atoms with van der Waals surface area (Å²) >= 11 is 0. The molecule has 33 heavy (non-hydrogen) atoms. The summed E-state index contributed by atoms with van der Waals surface area (Å²) in [5.41, 5.74) is 3.63. The number of H-pyrrole nitrogens is 1. The van der Waals surface area contributed by atoms with Crippen LogP contribution in [0.5, 0.6) is 11.5 Å². The lowest BCUT2D eigenvalue weighted by atomic mass is 9.91. The number of methoxy groups -OCH3 is 2. The number of hydrogen-bond donors (Lipinski definition) is 2. The lowest BCUT2D eigenvalue weighted by Gasteiger charge is -2.24. The Kier molecular flexibility index (Phi) is 5.28. The molecule has 2 N–H and O–H groups in total. The average molecular weight is 447 g/mol. The molecule has 0 spiro atoms. The molecule has 0 saturated heterocycles. The minimum absolute atomic E-state index is 0.103. The highest BCUT2D eigenvalue weighted by atomic mass is 16.5. The molecule has 170 valence electrons. The third-order valence-electron chi connectivity index (χ3n) is 6.40. The SMILES string of the molecule is COc1cc2nc(C)n(CC(=O)N[C@@H]3CCCc4c3[nH]c3ccccc43)c(=O)c2cc1OC. The van der Waals surface area contributed by atoms with Crippen LogP contribution in [0.4, 0.5) is 0 Å². The van der Waals surface area contributed by atoms with Gasteiger partial charge in [-0.3, -0.25) is 14.2 Å². The number of aryl methyl sites for hydroxylation is 2. The van der Waals surface area contributed by atoms with Crippen molar-refractivity contribution in [1.82, 2.24) is 19.9 Å². The van der Waals surface area contributed by atoms with Crippen molar-refractivity contribution in [3.8, 4) is 11.5 Å². The highest BCUT2D eigenvalue weighted by molar-refractivity contribution is 5.86. The predicted molar refractivity (Wildman–Crippen MR) is 126 cm³/mol. The molecule has 0 fully saturated rings. The van der Waals surface area contributed by atoms with Crippen LogP contribution in [0.15, 0.2) is 41.2 Å². The number of carbonyl (C=O) groups is 1. The zero-order valence-electron chi connectivity index (χ0n) is 18.9. The second-order valence-electron chi connectivity index (χ2n) is 8.35. The number of aromatic nitrogens is 3. The monoisotopic (exact) mass is 446 g/mol. The first kappa shape index (κ1) is 21.1.